The van der Waals surface area contributed by atoms with Crippen LogP contribution in [0.1, 0.15) is 17.1 Å². The summed E-state index contributed by atoms with van der Waals surface area (Å²) in [5.41, 5.74) is 9.80. The van der Waals surface area contributed by atoms with Gasteiger partial charge >= 0.3 is 0 Å². The van der Waals surface area contributed by atoms with Crippen molar-refractivity contribution in [2.75, 3.05) is 11.1 Å². The molecule has 9 nitrogen and oxygen atoms in total. The number of hydrogen-bond donors (Lipinski definition) is 2. The SMILES string of the molecule is Cc1ccccc1Nc1nc(N)nc(CSc2nnc(-c3ccoc3C)n2-c2ccccc2)n1. The average Bonchev–Trinajstić information content (AvgIpc) is 3.45. The second-order valence-corrected chi connectivity index (χ2v) is 8.47. The molecule has 0 amide bonds. The van der Waals surface area contributed by atoms with Gasteiger partial charge in [-0.2, -0.15) is 15.0 Å². The zero-order valence-electron chi connectivity index (χ0n) is 18.6. The maximum Gasteiger partial charge on any atom is 0.232 e. The van der Waals surface area contributed by atoms with Crippen molar-refractivity contribution in [1.82, 2.24) is 29.7 Å². The van der Waals surface area contributed by atoms with Gasteiger partial charge in [0, 0.05) is 11.4 Å². The van der Waals surface area contributed by atoms with Crippen LogP contribution in [0.15, 0.2) is 76.5 Å². The van der Waals surface area contributed by atoms with Crippen molar-refractivity contribution >= 4 is 29.3 Å². The van der Waals surface area contributed by atoms with Crippen LogP contribution in [0, 0.1) is 13.8 Å². The lowest BCUT2D eigenvalue weighted by atomic mass is 10.2. The normalized spacial score (nSPS) is 11.0. The van der Waals surface area contributed by atoms with Gasteiger partial charge in [-0.3, -0.25) is 4.57 Å². The lowest BCUT2D eigenvalue weighted by Gasteiger charge is -2.11. The third-order valence-electron chi connectivity index (χ3n) is 5.17. The molecule has 0 aliphatic rings. The third-order valence-corrected chi connectivity index (χ3v) is 6.09. The van der Waals surface area contributed by atoms with Crippen molar-refractivity contribution in [1.29, 1.82) is 0 Å². The van der Waals surface area contributed by atoms with Crippen LogP contribution in [-0.4, -0.2) is 29.7 Å². The summed E-state index contributed by atoms with van der Waals surface area (Å²) in [5.74, 6) is 3.01. The molecular weight excluding hydrogens is 448 g/mol. The van der Waals surface area contributed by atoms with E-state index in [2.05, 4.69) is 30.5 Å². The Morgan fingerprint density at radius 2 is 1.74 bits per heavy atom. The molecule has 5 rings (SSSR count). The predicted molar refractivity (Wildman–Crippen MR) is 132 cm³/mol. The van der Waals surface area contributed by atoms with E-state index in [1.54, 1.807) is 6.26 Å². The van der Waals surface area contributed by atoms with E-state index >= 15 is 0 Å². The van der Waals surface area contributed by atoms with Gasteiger partial charge in [0.15, 0.2) is 11.0 Å². The summed E-state index contributed by atoms with van der Waals surface area (Å²) in [6.45, 7) is 3.92. The second kappa shape index (κ2) is 9.36. The fourth-order valence-electron chi connectivity index (χ4n) is 3.49. The summed E-state index contributed by atoms with van der Waals surface area (Å²) in [6.07, 6.45) is 1.65. The van der Waals surface area contributed by atoms with Crippen molar-refractivity contribution in [3.8, 4) is 17.1 Å². The molecule has 10 heteroatoms. The van der Waals surface area contributed by atoms with Crippen molar-refractivity contribution in [3.63, 3.8) is 0 Å². The highest BCUT2D eigenvalue weighted by Crippen LogP contribution is 2.31. The average molecular weight is 471 g/mol. The largest absolute Gasteiger partial charge is 0.469 e. The summed E-state index contributed by atoms with van der Waals surface area (Å²) in [4.78, 5) is 13.1. The van der Waals surface area contributed by atoms with E-state index in [0.29, 0.717) is 28.5 Å². The maximum absolute atomic E-state index is 5.97. The number of nitrogens with one attached hydrogen (secondary N) is 1. The minimum atomic E-state index is 0.154. The van der Waals surface area contributed by atoms with Gasteiger partial charge in [-0.05, 0) is 43.7 Å². The lowest BCUT2D eigenvalue weighted by Crippen LogP contribution is -2.07. The van der Waals surface area contributed by atoms with Gasteiger partial charge in [0.25, 0.3) is 0 Å². The van der Waals surface area contributed by atoms with E-state index in [4.69, 9.17) is 10.2 Å². The minimum absolute atomic E-state index is 0.154. The topological polar surface area (TPSA) is 121 Å². The molecule has 0 unspecified atom stereocenters. The molecule has 0 saturated heterocycles. The molecular formula is C24H22N8OS. The Morgan fingerprint density at radius 3 is 2.50 bits per heavy atom. The number of benzene rings is 2. The fraction of sp³-hybridized carbons (Fsp3) is 0.125. The van der Waals surface area contributed by atoms with Crippen LogP contribution in [0.25, 0.3) is 17.1 Å². The zero-order chi connectivity index (χ0) is 23.5. The van der Waals surface area contributed by atoms with E-state index in [1.807, 2.05) is 79.1 Å². The Morgan fingerprint density at radius 1 is 0.941 bits per heavy atom. The molecule has 34 heavy (non-hydrogen) atoms. The van der Waals surface area contributed by atoms with Gasteiger partial charge in [0.05, 0.1) is 17.6 Å². The zero-order valence-corrected chi connectivity index (χ0v) is 19.5. The standard InChI is InChI=1S/C24H22N8OS/c1-15-8-6-7-11-19(15)26-23-28-20(27-22(25)29-23)14-34-24-31-30-21(18-12-13-33-16(18)2)32(24)17-9-4-3-5-10-17/h3-13H,14H2,1-2H3,(H3,25,26,27,28,29). The number of anilines is 3. The lowest BCUT2D eigenvalue weighted by molar-refractivity contribution is 0.535. The van der Waals surface area contributed by atoms with E-state index in [9.17, 15) is 0 Å². The Hall–Kier alpha value is -4.18. The monoisotopic (exact) mass is 470 g/mol. The minimum Gasteiger partial charge on any atom is -0.469 e. The molecule has 0 atom stereocenters. The van der Waals surface area contributed by atoms with Gasteiger partial charge in [-0.1, -0.05) is 48.2 Å². The number of nitrogens with zero attached hydrogens (tertiary/aromatic N) is 6. The number of thioether (sulfide) groups is 1. The van der Waals surface area contributed by atoms with E-state index in [1.165, 1.54) is 11.8 Å². The fourth-order valence-corrected chi connectivity index (χ4v) is 4.29. The molecule has 0 bridgehead atoms. The van der Waals surface area contributed by atoms with Crippen molar-refractivity contribution in [3.05, 3.63) is 84.1 Å². The predicted octanol–water partition coefficient (Wildman–Crippen LogP) is 4.95. The highest BCUT2D eigenvalue weighted by Gasteiger charge is 2.19. The first-order valence-electron chi connectivity index (χ1n) is 10.6. The van der Waals surface area contributed by atoms with Crippen molar-refractivity contribution in [2.45, 2.75) is 24.8 Å². The highest BCUT2D eigenvalue weighted by molar-refractivity contribution is 7.98. The van der Waals surface area contributed by atoms with Gasteiger partial charge in [-0.15, -0.1) is 10.2 Å². The number of para-hydroxylation sites is 2. The van der Waals surface area contributed by atoms with Crippen LogP contribution >= 0.6 is 11.8 Å². The number of aryl methyl sites for hydroxylation is 2. The molecule has 3 aromatic heterocycles. The van der Waals surface area contributed by atoms with Gasteiger partial charge < -0.3 is 15.5 Å². The van der Waals surface area contributed by atoms with Crippen LogP contribution in [0.2, 0.25) is 0 Å². The summed E-state index contributed by atoms with van der Waals surface area (Å²) in [7, 11) is 0. The van der Waals surface area contributed by atoms with Crippen LogP contribution in [-0.2, 0) is 5.75 Å². The van der Waals surface area contributed by atoms with Crippen LogP contribution in [0.4, 0.5) is 17.6 Å². The molecule has 0 radical (unpaired) electrons. The molecule has 0 saturated carbocycles. The number of nitrogen functional groups attached to an aromatic ring is 1. The Bertz CT molecular complexity index is 1430. The molecule has 0 fully saturated rings. The molecule has 5 aromatic rings. The van der Waals surface area contributed by atoms with E-state index < -0.39 is 0 Å². The quantitative estimate of drug-likeness (QED) is 0.318. The molecule has 0 aliphatic heterocycles. The number of rotatable bonds is 7. The van der Waals surface area contributed by atoms with Gasteiger partial charge in [-0.25, -0.2) is 0 Å². The first-order chi connectivity index (χ1) is 16.6. The van der Waals surface area contributed by atoms with Crippen LogP contribution < -0.4 is 11.1 Å². The Balaban J connectivity index is 1.44. The van der Waals surface area contributed by atoms with E-state index in [0.717, 1.165) is 28.3 Å². The molecule has 0 aliphatic carbocycles. The van der Waals surface area contributed by atoms with Crippen LogP contribution in [0.3, 0.4) is 0 Å². The highest BCUT2D eigenvalue weighted by atomic mass is 32.2. The van der Waals surface area contributed by atoms with E-state index in [-0.39, 0.29) is 5.95 Å². The van der Waals surface area contributed by atoms with Crippen molar-refractivity contribution in [2.24, 2.45) is 0 Å². The Kier molecular flexibility index (Phi) is 5.96. The molecule has 0 spiro atoms. The van der Waals surface area contributed by atoms with Crippen LogP contribution in [0.5, 0.6) is 0 Å². The number of furan rings is 1. The Labute approximate surface area is 200 Å². The molecule has 3 N–H and O–H groups in total. The van der Waals surface area contributed by atoms with Crippen molar-refractivity contribution < 1.29 is 4.42 Å². The smallest absolute Gasteiger partial charge is 0.232 e. The molecule has 3 heterocycles. The third kappa shape index (κ3) is 4.48. The summed E-state index contributed by atoms with van der Waals surface area (Å²) in [5, 5.41) is 12.8. The number of nitrogens with two attached hydrogens (primary N) is 1. The summed E-state index contributed by atoms with van der Waals surface area (Å²) >= 11 is 1.47. The number of hydrogen-bond acceptors (Lipinski definition) is 9. The second-order valence-electron chi connectivity index (χ2n) is 7.53. The maximum atomic E-state index is 5.97. The first kappa shape index (κ1) is 21.7. The summed E-state index contributed by atoms with van der Waals surface area (Å²) in [6, 6.07) is 19.8. The molecule has 170 valence electrons. The summed E-state index contributed by atoms with van der Waals surface area (Å²) < 4.78 is 7.50. The number of aromatic nitrogens is 6. The van der Waals surface area contributed by atoms with Gasteiger partial charge in [0.2, 0.25) is 11.9 Å². The molecule has 2 aromatic carbocycles. The first-order valence-corrected chi connectivity index (χ1v) is 11.6. The van der Waals surface area contributed by atoms with Gasteiger partial charge in [0.1, 0.15) is 11.6 Å².